The fourth-order valence-corrected chi connectivity index (χ4v) is 2.98. The minimum Gasteiger partial charge on any atom is -0.399 e. The molecule has 0 aromatic rings. The van der Waals surface area contributed by atoms with Gasteiger partial charge in [0.05, 0.1) is 0 Å². The Hall–Kier alpha value is -0.760. The molecule has 1 fully saturated rings. The maximum Gasteiger partial charge on any atom is 0.0300 e. The van der Waals surface area contributed by atoms with Crippen LogP contribution in [-0.4, -0.2) is 13.1 Å². The number of rotatable bonds is 2. The molecule has 110 valence electrons. The molecule has 2 heteroatoms. The van der Waals surface area contributed by atoms with Gasteiger partial charge in [0.2, 0.25) is 0 Å². The monoisotopic (exact) mass is 264 g/mol. The Kier molecular flexibility index (Phi) is 6.64. The van der Waals surface area contributed by atoms with Gasteiger partial charge in [-0.3, -0.25) is 0 Å². The molecule has 0 aromatic heterocycles. The molecule has 2 aliphatic rings. The fourth-order valence-electron chi connectivity index (χ4n) is 2.98. The van der Waals surface area contributed by atoms with Crippen LogP contribution >= 0.6 is 0 Å². The average Bonchev–Trinajstić information content (AvgIpc) is 2.45. The second-order valence-electron chi connectivity index (χ2n) is 6.18. The third-order valence-electron chi connectivity index (χ3n) is 4.86. The first kappa shape index (κ1) is 16.3. The standard InChI is InChI=1S/C9H19N.C8H13N/c1-3-9(4-2)5-7-10-8-6-9;1-6-3-4-8(9)7(2)5-6/h10H,3-8H2,1-2H3;4-6H,3,9H2,1-2H3. The van der Waals surface area contributed by atoms with Gasteiger partial charge in [-0.05, 0) is 56.2 Å². The van der Waals surface area contributed by atoms with Crippen LogP contribution in [0.3, 0.4) is 0 Å². The van der Waals surface area contributed by atoms with E-state index in [1.54, 1.807) is 0 Å². The first-order chi connectivity index (χ1) is 9.03. The Balaban J connectivity index is 0.000000191. The van der Waals surface area contributed by atoms with Crippen molar-refractivity contribution >= 4 is 0 Å². The molecule has 0 aromatic carbocycles. The lowest BCUT2D eigenvalue weighted by Gasteiger charge is -2.35. The second-order valence-corrected chi connectivity index (χ2v) is 6.18. The van der Waals surface area contributed by atoms with Crippen LogP contribution in [0.2, 0.25) is 0 Å². The highest BCUT2D eigenvalue weighted by Crippen LogP contribution is 2.35. The van der Waals surface area contributed by atoms with Crippen molar-refractivity contribution in [3.8, 4) is 0 Å². The van der Waals surface area contributed by atoms with E-state index < -0.39 is 0 Å². The minimum absolute atomic E-state index is 0.678. The van der Waals surface area contributed by atoms with Crippen molar-refractivity contribution in [1.29, 1.82) is 0 Å². The van der Waals surface area contributed by atoms with Crippen molar-refractivity contribution in [2.75, 3.05) is 13.1 Å². The zero-order chi connectivity index (χ0) is 14.3. The van der Waals surface area contributed by atoms with Crippen molar-refractivity contribution in [2.24, 2.45) is 17.1 Å². The molecule has 1 unspecified atom stereocenters. The van der Waals surface area contributed by atoms with Crippen molar-refractivity contribution in [3.63, 3.8) is 0 Å². The molecular formula is C17H32N2. The molecule has 1 heterocycles. The molecule has 1 aliphatic heterocycles. The molecule has 0 radical (unpaired) electrons. The predicted molar refractivity (Wildman–Crippen MR) is 84.9 cm³/mol. The lowest BCUT2D eigenvalue weighted by Crippen LogP contribution is -2.35. The van der Waals surface area contributed by atoms with E-state index >= 15 is 0 Å². The van der Waals surface area contributed by atoms with E-state index in [4.69, 9.17) is 5.73 Å². The minimum atomic E-state index is 0.678. The second kappa shape index (κ2) is 7.74. The van der Waals surface area contributed by atoms with Crippen molar-refractivity contribution in [1.82, 2.24) is 5.32 Å². The van der Waals surface area contributed by atoms with Crippen molar-refractivity contribution in [3.05, 3.63) is 23.4 Å². The van der Waals surface area contributed by atoms with Gasteiger partial charge in [-0.25, -0.2) is 0 Å². The van der Waals surface area contributed by atoms with Gasteiger partial charge >= 0.3 is 0 Å². The topological polar surface area (TPSA) is 38.0 Å². The molecular weight excluding hydrogens is 232 g/mol. The smallest absolute Gasteiger partial charge is 0.0300 e. The van der Waals surface area contributed by atoms with Crippen LogP contribution in [0, 0.1) is 11.3 Å². The maximum atomic E-state index is 5.63. The summed E-state index contributed by atoms with van der Waals surface area (Å²) in [6, 6.07) is 0. The van der Waals surface area contributed by atoms with Crippen LogP contribution < -0.4 is 11.1 Å². The zero-order valence-corrected chi connectivity index (χ0v) is 13.3. The van der Waals surface area contributed by atoms with E-state index in [9.17, 15) is 0 Å². The highest BCUT2D eigenvalue weighted by molar-refractivity contribution is 5.29. The third-order valence-corrected chi connectivity index (χ3v) is 4.86. The number of nitrogens with two attached hydrogens (primary N) is 1. The molecule has 0 bridgehead atoms. The molecule has 2 nitrogen and oxygen atoms in total. The van der Waals surface area contributed by atoms with Gasteiger partial charge in [-0.15, -0.1) is 0 Å². The summed E-state index contributed by atoms with van der Waals surface area (Å²) in [5, 5.41) is 3.41. The first-order valence-corrected chi connectivity index (χ1v) is 7.88. The highest BCUT2D eigenvalue weighted by atomic mass is 14.9. The molecule has 0 saturated carbocycles. The average molecular weight is 264 g/mol. The van der Waals surface area contributed by atoms with Gasteiger partial charge in [0, 0.05) is 5.70 Å². The number of nitrogens with one attached hydrogen (secondary N) is 1. The van der Waals surface area contributed by atoms with E-state index in [-0.39, 0.29) is 0 Å². The van der Waals surface area contributed by atoms with Crippen LogP contribution in [0.5, 0.6) is 0 Å². The van der Waals surface area contributed by atoms with Gasteiger partial charge in [0.1, 0.15) is 0 Å². The van der Waals surface area contributed by atoms with Gasteiger partial charge in [0.25, 0.3) is 0 Å². The molecule has 19 heavy (non-hydrogen) atoms. The molecule has 2 rings (SSSR count). The van der Waals surface area contributed by atoms with Gasteiger partial charge in [-0.1, -0.05) is 45.8 Å². The summed E-state index contributed by atoms with van der Waals surface area (Å²) >= 11 is 0. The third kappa shape index (κ3) is 5.02. The summed E-state index contributed by atoms with van der Waals surface area (Å²) in [7, 11) is 0. The lowest BCUT2D eigenvalue weighted by atomic mass is 9.75. The van der Waals surface area contributed by atoms with Crippen molar-refractivity contribution < 1.29 is 0 Å². The van der Waals surface area contributed by atoms with Crippen LogP contribution in [-0.2, 0) is 0 Å². The van der Waals surface area contributed by atoms with E-state index in [0.29, 0.717) is 11.3 Å². The largest absolute Gasteiger partial charge is 0.399 e. The SMILES string of the molecule is CC1=CC(C)CC=C1N.CCC1(CC)CCNCC1. The summed E-state index contributed by atoms with van der Waals surface area (Å²) in [5.74, 6) is 0.678. The Bertz CT molecular complexity index is 316. The van der Waals surface area contributed by atoms with Crippen LogP contribution in [0.1, 0.15) is 59.8 Å². The number of allylic oxidation sites excluding steroid dienone is 3. The maximum absolute atomic E-state index is 5.63. The molecule has 0 spiro atoms. The Morgan fingerprint density at radius 1 is 1.26 bits per heavy atom. The van der Waals surface area contributed by atoms with Crippen LogP contribution in [0.15, 0.2) is 23.4 Å². The first-order valence-electron chi connectivity index (χ1n) is 7.88. The highest BCUT2D eigenvalue weighted by Gasteiger charge is 2.27. The Morgan fingerprint density at radius 3 is 2.21 bits per heavy atom. The van der Waals surface area contributed by atoms with Gasteiger partial charge in [0.15, 0.2) is 0 Å². The van der Waals surface area contributed by atoms with Crippen LogP contribution in [0.25, 0.3) is 0 Å². The summed E-state index contributed by atoms with van der Waals surface area (Å²) in [4.78, 5) is 0. The number of hydrogen-bond donors (Lipinski definition) is 2. The number of hydrogen-bond acceptors (Lipinski definition) is 2. The van der Waals surface area contributed by atoms with Crippen LogP contribution in [0.4, 0.5) is 0 Å². The molecule has 3 N–H and O–H groups in total. The Labute approximate surface area is 119 Å². The lowest BCUT2D eigenvalue weighted by molar-refractivity contribution is 0.185. The zero-order valence-electron chi connectivity index (χ0n) is 13.3. The van der Waals surface area contributed by atoms with E-state index in [1.165, 1.54) is 44.3 Å². The summed E-state index contributed by atoms with van der Waals surface area (Å²) < 4.78 is 0. The van der Waals surface area contributed by atoms with E-state index in [2.05, 4.69) is 45.2 Å². The summed E-state index contributed by atoms with van der Waals surface area (Å²) in [6.45, 7) is 11.4. The van der Waals surface area contributed by atoms with E-state index in [0.717, 1.165) is 12.1 Å². The van der Waals surface area contributed by atoms with Crippen molar-refractivity contribution in [2.45, 2.75) is 59.8 Å². The summed E-state index contributed by atoms with van der Waals surface area (Å²) in [5.41, 5.74) is 8.52. The normalized spacial score (nSPS) is 25.8. The predicted octanol–water partition coefficient (Wildman–Crippen LogP) is 3.99. The van der Waals surface area contributed by atoms with E-state index in [1.807, 2.05) is 0 Å². The molecule has 0 amide bonds. The molecule has 1 aliphatic carbocycles. The summed E-state index contributed by atoms with van der Waals surface area (Å²) in [6.07, 6.45) is 10.9. The number of piperidine rings is 1. The van der Waals surface area contributed by atoms with Gasteiger partial charge < -0.3 is 11.1 Å². The molecule has 1 saturated heterocycles. The Morgan fingerprint density at radius 2 is 1.84 bits per heavy atom. The molecule has 1 atom stereocenters. The quantitative estimate of drug-likeness (QED) is 0.791. The fraction of sp³-hybridized carbons (Fsp3) is 0.765. The van der Waals surface area contributed by atoms with Gasteiger partial charge in [-0.2, -0.15) is 0 Å².